The van der Waals surface area contributed by atoms with E-state index in [1.807, 2.05) is 60.7 Å². The third kappa shape index (κ3) is 2.57. The van der Waals surface area contributed by atoms with Crippen molar-refractivity contribution in [2.75, 3.05) is 6.61 Å². The molecule has 0 radical (unpaired) electrons. The van der Waals surface area contributed by atoms with Crippen LogP contribution in [0, 0.1) is 0 Å². The van der Waals surface area contributed by atoms with Gasteiger partial charge in [-0.25, -0.2) is 0 Å². The minimum atomic E-state index is -0.0391. The second-order valence-corrected chi connectivity index (χ2v) is 5.33. The molecular weight excluding hydrogens is 288 g/mol. The maximum Gasteiger partial charge on any atom is 0.200 e. The van der Waals surface area contributed by atoms with E-state index in [0.717, 1.165) is 21.9 Å². The average Bonchev–Trinajstić information content (AvgIpc) is 2.98. The van der Waals surface area contributed by atoms with Gasteiger partial charge in [0.2, 0.25) is 0 Å². The van der Waals surface area contributed by atoms with Crippen molar-refractivity contribution in [3.8, 4) is 5.75 Å². The smallest absolute Gasteiger partial charge is 0.200 e. The van der Waals surface area contributed by atoms with Crippen LogP contribution in [0.3, 0.4) is 0 Å². The van der Waals surface area contributed by atoms with Crippen molar-refractivity contribution in [3.05, 3.63) is 78.4 Å². The quantitative estimate of drug-likeness (QED) is 0.506. The van der Waals surface area contributed by atoms with Crippen LogP contribution in [0.4, 0.5) is 0 Å². The van der Waals surface area contributed by atoms with Gasteiger partial charge in [-0.3, -0.25) is 4.79 Å². The molecule has 0 unspecified atom stereocenters. The summed E-state index contributed by atoms with van der Waals surface area (Å²) in [4.78, 5) is 12.1. The molecule has 112 valence electrons. The summed E-state index contributed by atoms with van der Waals surface area (Å²) in [5.41, 5.74) is 2.32. The van der Waals surface area contributed by atoms with Gasteiger partial charge in [-0.15, -0.1) is 0 Å². The number of hydrogen-bond acceptors (Lipinski definition) is 3. The number of para-hydroxylation sites is 1. The predicted octanol–water partition coefficient (Wildman–Crippen LogP) is 4.85. The highest BCUT2D eigenvalue weighted by atomic mass is 16.5. The van der Waals surface area contributed by atoms with Gasteiger partial charge in [0.15, 0.2) is 12.4 Å². The van der Waals surface area contributed by atoms with Crippen molar-refractivity contribution in [3.63, 3.8) is 0 Å². The number of carbonyl (C=O) groups excluding carboxylic acids is 1. The molecule has 0 saturated carbocycles. The number of ketones is 1. The number of ether oxygens (including phenoxy) is 1. The summed E-state index contributed by atoms with van der Waals surface area (Å²) in [5.74, 6) is 0.621. The molecule has 0 aliphatic rings. The Morgan fingerprint density at radius 1 is 0.826 bits per heavy atom. The van der Waals surface area contributed by atoms with Gasteiger partial charge in [-0.2, -0.15) is 0 Å². The third-order valence-electron chi connectivity index (χ3n) is 3.81. The second-order valence-electron chi connectivity index (χ2n) is 5.33. The van der Waals surface area contributed by atoms with E-state index in [1.54, 1.807) is 12.1 Å². The van der Waals surface area contributed by atoms with Crippen LogP contribution in [0.25, 0.3) is 21.9 Å². The summed E-state index contributed by atoms with van der Waals surface area (Å²) in [5, 5.41) is 2.03. The molecule has 3 heteroatoms. The standard InChI is InChI=1S/C20H14O3/c21-18(14-6-2-1-3-7-14)13-22-15-10-11-20-17(12-15)16-8-4-5-9-19(16)23-20/h1-12H,13H2. The number of benzene rings is 3. The molecule has 3 aromatic carbocycles. The topological polar surface area (TPSA) is 39.4 Å². The fraction of sp³-hybridized carbons (Fsp3) is 0.0500. The summed E-state index contributed by atoms with van der Waals surface area (Å²) >= 11 is 0. The fourth-order valence-electron chi connectivity index (χ4n) is 2.65. The Balaban J connectivity index is 1.60. The van der Waals surface area contributed by atoms with Gasteiger partial charge >= 0.3 is 0 Å². The van der Waals surface area contributed by atoms with Crippen molar-refractivity contribution in [2.45, 2.75) is 0 Å². The van der Waals surface area contributed by atoms with Crippen molar-refractivity contribution >= 4 is 27.7 Å². The Bertz CT molecular complexity index is 984. The zero-order chi connectivity index (χ0) is 15.6. The van der Waals surface area contributed by atoms with Crippen LogP contribution < -0.4 is 4.74 Å². The molecule has 0 saturated heterocycles. The lowest BCUT2D eigenvalue weighted by atomic mass is 10.1. The number of furan rings is 1. The van der Waals surface area contributed by atoms with Crippen LogP contribution in [-0.4, -0.2) is 12.4 Å². The molecule has 0 bridgehead atoms. The van der Waals surface area contributed by atoms with Crippen LogP contribution in [0.15, 0.2) is 77.2 Å². The number of rotatable bonds is 4. The molecule has 0 amide bonds. The van der Waals surface area contributed by atoms with Gasteiger partial charge in [0.05, 0.1) is 0 Å². The molecule has 3 nitrogen and oxygen atoms in total. The Hall–Kier alpha value is -3.07. The summed E-state index contributed by atoms with van der Waals surface area (Å²) in [6, 6.07) is 22.6. The summed E-state index contributed by atoms with van der Waals surface area (Å²) in [6.07, 6.45) is 0. The van der Waals surface area contributed by atoms with Crippen LogP contribution in [0.1, 0.15) is 10.4 Å². The maximum absolute atomic E-state index is 12.1. The fourth-order valence-corrected chi connectivity index (χ4v) is 2.65. The lowest BCUT2D eigenvalue weighted by Crippen LogP contribution is -2.11. The molecule has 0 spiro atoms. The molecular formula is C20H14O3. The van der Waals surface area contributed by atoms with E-state index in [2.05, 4.69) is 0 Å². The predicted molar refractivity (Wildman–Crippen MR) is 90.0 cm³/mol. The van der Waals surface area contributed by atoms with Gasteiger partial charge in [0.1, 0.15) is 16.9 Å². The highest BCUT2D eigenvalue weighted by Gasteiger charge is 2.09. The maximum atomic E-state index is 12.1. The summed E-state index contributed by atoms with van der Waals surface area (Å²) in [7, 11) is 0. The highest BCUT2D eigenvalue weighted by molar-refractivity contribution is 6.05. The normalized spacial score (nSPS) is 11.0. The van der Waals surface area contributed by atoms with Crippen molar-refractivity contribution in [1.29, 1.82) is 0 Å². The minimum Gasteiger partial charge on any atom is -0.485 e. The number of carbonyl (C=O) groups is 1. The Morgan fingerprint density at radius 3 is 2.43 bits per heavy atom. The van der Waals surface area contributed by atoms with Gasteiger partial charge in [-0.1, -0.05) is 48.5 Å². The van der Waals surface area contributed by atoms with E-state index < -0.39 is 0 Å². The Kier molecular flexibility index (Phi) is 3.31. The van der Waals surface area contributed by atoms with Crippen LogP contribution in [-0.2, 0) is 0 Å². The minimum absolute atomic E-state index is 0.0192. The number of Topliss-reactive ketones (excluding diaryl/α,β-unsaturated/α-hetero) is 1. The summed E-state index contributed by atoms with van der Waals surface area (Å²) < 4.78 is 11.4. The van der Waals surface area contributed by atoms with E-state index in [0.29, 0.717) is 11.3 Å². The second kappa shape index (κ2) is 5.61. The SMILES string of the molecule is O=C(COc1ccc2oc3ccccc3c2c1)c1ccccc1. The molecule has 0 N–H and O–H groups in total. The largest absolute Gasteiger partial charge is 0.485 e. The first-order valence-electron chi connectivity index (χ1n) is 7.43. The first-order valence-corrected chi connectivity index (χ1v) is 7.43. The number of hydrogen-bond donors (Lipinski definition) is 0. The first-order chi connectivity index (χ1) is 11.3. The van der Waals surface area contributed by atoms with Crippen LogP contribution >= 0.6 is 0 Å². The molecule has 0 aliphatic carbocycles. The van der Waals surface area contributed by atoms with Crippen molar-refractivity contribution in [2.24, 2.45) is 0 Å². The van der Waals surface area contributed by atoms with E-state index in [-0.39, 0.29) is 12.4 Å². The lowest BCUT2D eigenvalue weighted by Gasteiger charge is -2.05. The average molecular weight is 302 g/mol. The van der Waals surface area contributed by atoms with Crippen LogP contribution in [0.2, 0.25) is 0 Å². The lowest BCUT2D eigenvalue weighted by molar-refractivity contribution is 0.0921. The van der Waals surface area contributed by atoms with E-state index in [4.69, 9.17) is 9.15 Å². The van der Waals surface area contributed by atoms with Crippen molar-refractivity contribution < 1.29 is 13.9 Å². The zero-order valence-corrected chi connectivity index (χ0v) is 12.4. The third-order valence-corrected chi connectivity index (χ3v) is 3.81. The van der Waals surface area contributed by atoms with Crippen molar-refractivity contribution in [1.82, 2.24) is 0 Å². The monoisotopic (exact) mass is 302 g/mol. The van der Waals surface area contributed by atoms with E-state index in [9.17, 15) is 4.79 Å². The van der Waals surface area contributed by atoms with Gasteiger partial charge in [0, 0.05) is 16.3 Å². The number of fused-ring (bicyclic) bond motifs is 3. The van der Waals surface area contributed by atoms with Crippen LogP contribution in [0.5, 0.6) is 5.75 Å². The summed E-state index contributed by atoms with van der Waals surface area (Å²) in [6.45, 7) is 0.0192. The zero-order valence-electron chi connectivity index (χ0n) is 12.4. The van der Waals surface area contributed by atoms with Gasteiger partial charge in [0.25, 0.3) is 0 Å². The molecule has 0 aliphatic heterocycles. The molecule has 23 heavy (non-hydrogen) atoms. The first kappa shape index (κ1) is 13.6. The highest BCUT2D eigenvalue weighted by Crippen LogP contribution is 2.31. The van der Waals surface area contributed by atoms with Gasteiger partial charge < -0.3 is 9.15 Å². The Morgan fingerprint density at radius 2 is 1.57 bits per heavy atom. The Labute approximate surface area is 133 Å². The van der Waals surface area contributed by atoms with Gasteiger partial charge in [-0.05, 0) is 24.3 Å². The molecule has 0 fully saturated rings. The molecule has 1 heterocycles. The molecule has 4 aromatic rings. The van der Waals surface area contributed by atoms with E-state index >= 15 is 0 Å². The van der Waals surface area contributed by atoms with E-state index in [1.165, 1.54) is 0 Å². The molecule has 0 atom stereocenters. The molecule has 1 aromatic heterocycles. The molecule has 4 rings (SSSR count).